The lowest BCUT2D eigenvalue weighted by molar-refractivity contribution is 0.104. The number of aryl methyl sites for hydroxylation is 1. The van der Waals surface area contributed by atoms with Crippen molar-refractivity contribution in [3.8, 4) is 0 Å². The van der Waals surface area contributed by atoms with Crippen molar-refractivity contribution in [3.05, 3.63) is 80.6 Å². The molecule has 2 aromatic carbocycles. The minimum absolute atomic E-state index is 0.0746. The smallest absolute Gasteiger partial charge is 0.189 e. The molecule has 4 rings (SSSR count). The summed E-state index contributed by atoms with van der Waals surface area (Å²) in [5.74, 6) is 0. The Balaban J connectivity index is 1.43. The second-order valence-electron chi connectivity index (χ2n) is 7.31. The highest BCUT2D eigenvalue weighted by Crippen LogP contribution is 2.22. The molecule has 1 aliphatic heterocycles. The molecular weight excluding hydrogens is 402 g/mol. The van der Waals surface area contributed by atoms with Gasteiger partial charge in [-0.1, -0.05) is 35.9 Å². The first-order chi connectivity index (χ1) is 13.1. The average Bonchev–Trinajstić information content (AvgIpc) is 2.66. The number of halogens is 1. The largest absolute Gasteiger partial charge is 0.333 e. The summed E-state index contributed by atoms with van der Waals surface area (Å²) in [4.78, 5) is 17.1. The van der Waals surface area contributed by atoms with E-state index in [0.29, 0.717) is 0 Å². The third-order valence-electron chi connectivity index (χ3n) is 5.25. The van der Waals surface area contributed by atoms with Gasteiger partial charge in [0.05, 0.1) is 12.2 Å². The van der Waals surface area contributed by atoms with E-state index in [0.717, 1.165) is 54.8 Å². The maximum atomic E-state index is 12.2. The molecule has 0 aliphatic carbocycles. The van der Waals surface area contributed by atoms with Crippen molar-refractivity contribution in [3.63, 3.8) is 0 Å². The van der Waals surface area contributed by atoms with Crippen LogP contribution in [0.25, 0.3) is 10.9 Å². The fraction of sp³-hybridized carbons (Fsp3) is 0.318. The Kier molecular flexibility index (Phi) is 5.43. The Hall–Kier alpha value is -1.95. The topological polar surface area (TPSA) is 28.5 Å². The molecule has 2 heterocycles. The summed E-state index contributed by atoms with van der Waals surface area (Å²) in [6.07, 6.45) is 1.91. The number of hydrogen-bond acceptors (Lipinski definition) is 3. The van der Waals surface area contributed by atoms with Crippen molar-refractivity contribution in [2.24, 2.45) is 0 Å². The highest BCUT2D eigenvalue weighted by atomic mass is 79.9. The average molecular weight is 426 g/mol. The maximum Gasteiger partial charge on any atom is 0.189 e. The van der Waals surface area contributed by atoms with Crippen molar-refractivity contribution in [2.75, 3.05) is 26.2 Å². The van der Waals surface area contributed by atoms with Gasteiger partial charge >= 0.3 is 0 Å². The fourth-order valence-corrected chi connectivity index (χ4v) is 4.41. The van der Waals surface area contributed by atoms with Crippen LogP contribution in [0.3, 0.4) is 0 Å². The Morgan fingerprint density at radius 3 is 2.48 bits per heavy atom. The number of aromatic nitrogens is 1. The lowest BCUT2D eigenvalue weighted by atomic mass is 10.1. The monoisotopic (exact) mass is 425 g/mol. The minimum atomic E-state index is 0.0746. The molecule has 0 atom stereocenters. The molecule has 0 radical (unpaired) electrons. The van der Waals surface area contributed by atoms with Gasteiger partial charge in [-0.3, -0.25) is 14.6 Å². The van der Waals surface area contributed by atoms with Gasteiger partial charge in [-0.15, -0.1) is 0 Å². The SMILES string of the molecule is Cc1cccc(CN2CCN(Cn3ccc(=O)c4cccc(Br)c43)CC2)c1. The Morgan fingerprint density at radius 2 is 1.70 bits per heavy atom. The minimum Gasteiger partial charge on any atom is -0.333 e. The predicted molar refractivity (Wildman–Crippen MR) is 114 cm³/mol. The van der Waals surface area contributed by atoms with E-state index < -0.39 is 0 Å². The van der Waals surface area contributed by atoms with E-state index in [-0.39, 0.29) is 5.43 Å². The molecule has 140 valence electrons. The highest BCUT2D eigenvalue weighted by molar-refractivity contribution is 9.10. The van der Waals surface area contributed by atoms with Crippen molar-refractivity contribution in [2.45, 2.75) is 20.1 Å². The molecule has 0 unspecified atom stereocenters. The molecule has 0 saturated carbocycles. The van der Waals surface area contributed by atoms with Gasteiger partial charge in [0, 0.05) is 54.8 Å². The van der Waals surface area contributed by atoms with Crippen LogP contribution in [0.4, 0.5) is 0 Å². The van der Waals surface area contributed by atoms with Gasteiger partial charge in [-0.05, 0) is 40.5 Å². The lowest BCUT2D eigenvalue weighted by Crippen LogP contribution is -2.46. The van der Waals surface area contributed by atoms with Crippen molar-refractivity contribution in [1.82, 2.24) is 14.4 Å². The molecule has 0 bridgehead atoms. The maximum absolute atomic E-state index is 12.2. The van der Waals surface area contributed by atoms with E-state index in [4.69, 9.17) is 0 Å². The van der Waals surface area contributed by atoms with E-state index in [9.17, 15) is 4.79 Å². The van der Waals surface area contributed by atoms with Gasteiger partial charge < -0.3 is 4.57 Å². The molecule has 0 spiro atoms. The molecule has 0 amide bonds. The quantitative estimate of drug-likeness (QED) is 0.635. The number of para-hydroxylation sites is 1. The zero-order chi connectivity index (χ0) is 18.8. The molecule has 3 aromatic rings. The predicted octanol–water partition coefficient (Wildman–Crippen LogP) is 3.85. The summed E-state index contributed by atoms with van der Waals surface area (Å²) in [7, 11) is 0. The summed E-state index contributed by atoms with van der Waals surface area (Å²) < 4.78 is 3.15. The summed E-state index contributed by atoms with van der Waals surface area (Å²) in [5.41, 5.74) is 3.76. The van der Waals surface area contributed by atoms with Gasteiger partial charge in [0.1, 0.15) is 0 Å². The van der Waals surface area contributed by atoms with Crippen LogP contribution < -0.4 is 5.43 Å². The third kappa shape index (κ3) is 4.15. The molecule has 1 aliphatic rings. The number of fused-ring (bicyclic) bond motifs is 1. The standard InChI is InChI=1S/C22H24BrN3O/c1-17-4-2-5-18(14-17)15-24-10-12-25(13-11-24)16-26-9-8-21(27)19-6-3-7-20(23)22(19)26/h2-9,14H,10-13,15-16H2,1H3. The Bertz CT molecular complexity index is 1010. The van der Waals surface area contributed by atoms with Crippen LogP contribution in [0.1, 0.15) is 11.1 Å². The van der Waals surface area contributed by atoms with Crippen LogP contribution in [0.5, 0.6) is 0 Å². The number of benzene rings is 2. The summed E-state index contributed by atoms with van der Waals surface area (Å²) in [6, 6.07) is 16.3. The highest BCUT2D eigenvalue weighted by Gasteiger charge is 2.18. The van der Waals surface area contributed by atoms with Gasteiger partial charge in [0.2, 0.25) is 0 Å². The van der Waals surface area contributed by atoms with Gasteiger partial charge in [0.25, 0.3) is 0 Å². The van der Waals surface area contributed by atoms with Crippen LogP contribution in [0.2, 0.25) is 0 Å². The second kappa shape index (κ2) is 7.97. The van der Waals surface area contributed by atoms with Crippen LogP contribution in [-0.2, 0) is 13.2 Å². The molecule has 1 saturated heterocycles. The first-order valence-electron chi connectivity index (χ1n) is 9.38. The number of rotatable bonds is 4. The lowest BCUT2D eigenvalue weighted by Gasteiger charge is -2.35. The van der Waals surface area contributed by atoms with Crippen molar-refractivity contribution in [1.29, 1.82) is 0 Å². The van der Waals surface area contributed by atoms with E-state index in [2.05, 4.69) is 61.5 Å². The third-order valence-corrected chi connectivity index (χ3v) is 5.89. The summed E-state index contributed by atoms with van der Waals surface area (Å²) in [5, 5.41) is 0.768. The number of piperazine rings is 1. The van der Waals surface area contributed by atoms with Crippen molar-refractivity contribution >= 4 is 26.8 Å². The number of nitrogens with zero attached hydrogens (tertiary/aromatic N) is 3. The van der Waals surface area contributed by atoms with Crippen LogP contribution >= 0.6 is 15.9 Å². The van der Waals surface area contributed by atoms with Crippen LogP contribution in [-0.4, -0.2) is 40.5 Å². The molecule has 27 heavy (non-hydrogen) atoms. The second-order valence-corrected chi connectivity index (χ2v) is 8.16. The summed E-state index contributed by atoms with van der Waals surface area (Å²) >= 11 is 3.61. The van der Waals surface area contributed by atoms with E-state index >= 15 is 0 Å². The molecule has 5 heteroatoms. The zero-order valence-corrected chi connectivity index (χ0v) is 17.2. The first kappa shape index (κ1) is 18.4. The molecule has 1 aromatic heterocycles. The van der Waals surface area contributed by atoms with E-state index in [1.54, 1.807) is 6.07 Å². The van der Waals surface area contributed by atoms with Crippen LogP contribution in [0.15, 0.2) is 64.0 Å². The molecule has 0 N–H and O–H groups in total. The Labute approximate surface area is 168 Å². The van der Waals surface area contributed by atoms with Gasteiger partial charge in [-0.2, -0.15) is 0 Å². The summed E-state index contributed by atoms with van der Waals surface area (Å²) in [6.45, 7) is 8.16. The Morgan fingerprint density at radius 1 is 0.963 bits per heavy atom. The fourth-order valence-electron chi connectivity index (χ4n) is 3.82. The first-order valence-corrected chi connectivity index (χ1v) is 10.2. The van der Waals surface area contributed by atoms with E-state index in [1.165, 1.54) is 11.1 Å². The zero-order valence-electron chi connectivity index (χ0n) is 15.6. The number of pyridine rings is 1. The molecular formula is C22H24BrN3O. The van der Waals surface area contributed by atoms with Crippen molar-refractivity contribution < 1.29 is 0 Å². The van der Waals surface area contributed by atoms with Gasteiger partial charge in [0.15, 0.2) is 5.43 Å². The van der Waals surface area contributed by atoms with E-state index in [1.807, 2.05) is 24.4 Å². The normalized spacial score (nSPS) is 16.1. The molecule has 1 fully saturated rings. The van der Waals surface area contributed by atoms with Gasteiger partial charge in [-0.25, -0.2) is 0 Å². The molecule has 4 nitrogen and oxygen atoms in total. The van der Waals surface area contributed by atoms with Crippen LogP contribution in [0, 0.1) is 6.92 Å². The number of hydrogen-bond donors (Lipinski definition) is 0.